The first-order valence-electron chi connectivity index (χ1n) is 6.48. The number of benzene rings is 1. The summed E-state index contributed by atoms with van der Waals surface area (Å²) in [6.07, 6.45) is -0.0635. The Bertz CT molecular complexity index is 521. The van der Waals surface area contributed by atoms with Gasteiger partial charge in [-0.15, -0.1) is 0 Å². The van der Waals surface area contributed by atoms with Crippen LogP contribution in [-0.2, 0) is 14.3 Å². The number of nitrogens with zero attached hydrogens (tertiary/aromatic N) is 1. The van der Waals surface area contributed by atoms with E-state index < -0.39 is 11.8 Å². The number of nitrogens with one attached hydrogen (secondary N) is 1. The summed E-state index contributed by atoms with van der Waals surface area (Å²) in [5, 5.41) is 2.61. The van der Waals surface area contributed by atoms with Crippen molar-refractivity contribution in [2.24, 2.45) is 0 Å². The third-order valence-electron chi connectivity index (χ3n) is 3.42. The van der Waals surface area contributed by atoms with Gasteiger partial charge in [0.2, 0.25) is 0 Å². The van der Waals surface area contributed by atoms with E-state index >= 15 is 0 Å². The van der Waals surface area contributed by atoms with Crippen LogP contribution >= 0.6 is 15.9 Å². The van der Waals surface area contributed by atoms with Crippen LogP contribution < -0.4 is 5.32 Å². The molecule has 1 heterocycles. The molecule has 1 aromatic carbocycles. The van der Waals surface area contributed by atoms with E-state index in [1.54, 1.807) is 23.1 Å². The third-order valence-corrected chi connectivity index (χ3v) is 3.91. The molecule has 1 aliphatic heterocycles. The SMILES string of the molecule is C[C@@H]1OCCN(C(=O)C(=O)Nc2cccc(Br)c2)[C@H]1C. The Labute approximate surface area is 126 Å². The van der Waals surface area contributed by atoms with Crippen molar-refractivity contribution in [3.63, 3.8) is 0 Å². The fourth-order valence-corrected chi connectivity index (χ4v) is 2.50. The first kappa shape index (κ1) is 15.0. The molecule has 0 aliphatic carbocycles. The molecule has 1 aromatic rings. The van der Waals surface area contributed by atoms with E-state index in [0.717, 1.165) is 4.47 Å². The summed E-state index contributed by atoms with van der Waals surface area (Å²) in [4.78, 5) is 25.8. The minimum Gasteiger partial charge on any atom is -0.375 e. The average Bonchev–Trinajstić information content (AvgIpc) is 2.41. The number of halogens is 1. The zero-order valence-electron chi connectivity index (χ0n) is 11.4. The van der Waals surface area contributed by atoms with E-state index in [1.165, 1.54) is 0 Å². The number of rotatable bonds is 1. The van der Waals surface area contributed by atoms with Gasteiger partial charge in [0.1, 0.15) is 0 Å². The van der Waals surface area contributed by atoms with Gasteiger partial charge in [0.05, 0.1) is 18.8 Å². The van der Waals surface area contributed by atoms with Gasteiger partial charge < -0.3 is 15.0 Å². The largest absolute Gasteiger partial charge is 0.375 e. The van der Waals surface area contributed by atoms with Crippen molar-refractivity contribution in [3.8, 4) is 0 Å². The van der Waals surface area contributed by atoms with Crippen LogP contribution in [0.5, 0.6) is 0 Å². The maximum Gasteiger partial charge on any atom is 0.313 e. The van der Waals surface area contributed by atoms with Gasteiger partial charge in [-0.2, -0.15) is 0 Å². The molecule has 0 spiro atoms. The zero-order valence-corrected chi connectivity index (χ0v) is 13.0. The predicted molar refractivity (Wildman–Crippen MR) is 79.4 cm³/mol. The first-order valence-corrected chi connectivity index (χ1v) is 7.27. The van der Waals surface area contributed by atoms with Crippen molar-refractivity contribution in [3.05, 3.63) is 28.7 Å². The number of anilines is 1. The van der Waals surface area contributed by atoms with Gasteiger partial charge in [-0.25, -0.2) is 0 Å². The smallest absolute Gasteiger partial charge is 0.313 e. The van der Waals surface area contributed by atoms with Gasteiger partial charge >= 0.3 is 11.8 Å². The fourth-order valence-electron chi connectivity index (χ4n) is 2.10. The summed E-state index contributed by atoms with van der Waals surface area (Å²) < 4.78 is 6.30. The minimum atomic E-state index is -0.621. The quantitative estimate of drug-likeness (QED) is 0.795. The predicted octanol–water partition coefficient (Wildman–Crippen LogP) is 2.02. The lowest BCUT2D eigenvalue weighted by Gasteiger charge is -2.37. The molecule has 2 atom stereocenters. The summed E-state index contributed by atoms with van der Waals surface area (Å²) in [5.74, 6) is -1.14. The second-order valence-electron chi connectivity index (χ2n) is 4.78. The first-order chi connectivity index (χ1) is 9.49. The summed E-state index contributed by atoms with van der Waals surface area (Å²) in [6.45, 7) is 4.68. The Balaban J connectivity index is 2.03. The second-order valence-corrected chi connectivity index (χ2v) is 5.70. The van der Waals surface area contributed by atoms with Crippen LogP contribution in [0.25, 0.3) is 0 Å². The Morgan fingerprint density at radius 1 is 1.40 bits per heavy atom. The zero-order chi connectivity index (χ0) is 14.7. The van der Waals surface area contributed by atoms with Crippen LogP contribution in [-0.4, -0.2) is 42.0 Å². The molecule has 1 fully saturated rings. The Kier molecular flexibility index (Phi) is 4.77. The summed E-state index contributed by atoms with van der Waals surface area (Å²) in [6, 6.07) is 7.02. The highest BCUT2D eigenvalue weighted by Crippen LogP contribution is 2.17. The van der Waals surface area contributed by atoms with Gasteiger partial charge in [-0.1, -0.05) is 22.0 Å². The Morgan fingerprint density at radius 2 is 2.15 bits per heavy atom. The third kappa shape index (κ3) is 3.37. The topological polar surface area (TPSA) is 58.6 Å². The molecule has 1 aliphatic rings. The van der Waals surface area contributed by atoms with E-state index in [0.29, 0.717) is 18.8 Å². The number of ether oxygens (including phenoxy) is 1. The standard InChI is InChI=1S/C14H17BrN2O3/c1-9-10(2)20-7-6-17(9)14(19)13(18)16-12-5-3-4-11(15)8-12/h3-5,8-10H,6-7H2,1-2H3,(H,16,18)/t9-,10-/m0/s1. The second kappa shape index (κ2) is 6.37. The average molecular weight is 341 g/mol. The van der Waals surface area contributed by atoms with Crippen molar-refractivity contribution < 1.29 is 14.3 Å². The van der Waals surface area contributed by atoms with Gasteiger partial charge in [0.15, 0.2) is 0 Å². The molecule has 5 nitrogen and oxygen atoms in total. The van der Waals surface area contributed by atoms with E-state index in [-0.39, 0.29) is 12.1 Å². The molecule has 1 saturated heterocycles. The molecule has 2 amide bonds. The summed E-state index contributed by atoms with van der Waals surface area (Å²) in [5.41, 5.74) is 0.590. The molecule has 0 unspecified atom stereocenters. The molecular formula is C14H17BrN2O3. The summed E-state index contributed by atoms with van der Waals surface area (Å²) in [7, 11) is 0. The van der Waals surface area contributed by atoms with E-state index in [4.69, 9.17) is 4.74 Å². The maximum atomic E-state index is 12.2. The maximum absolute atomic E-state index is 12.2. The fraction of sp³-hybridized carbons (Fsp3) is 0.429. The number of carbonyl (C=O) groups is 2. The monoisotopic (exact) mass is 340 g/mol. The molecule has 0 aromatic heterocycles. The molecular weight excluding hydrogens is 324 g/mol. The van der Waals surface area contributed by atoms with E-state index in [1.807, 2.05) is 19.9 Å². The number of carbonyl (C=O) groups excluding carboxylic acids is 2. The highest BCUT2D eigenvalue weighted by Gasteiger charge is 2.32. The highest BCUT2D eigenvalue weighted by atomic mass is 79.9. The van der Waals surface area contributed by atoms with Gasteiger partial charge in [0, 0.05) is 16.7 Å². The Hall–Kier alpha value is -1.40. The number of hydrogen-bond acceptors (Lipinski definition) is 3. The molecule has 6 heteroatoms. The lowest BCUT2D eigenvalue weighted by molar-refractivity contribution is -0.152. The van der Waals surface area contributed by atoms with E-state index in [9.17, 15) is 9.59 Å². The van der Waals surface area contributed by atoms with Crippen LogP contribution in [0.15, 0.2) is 28.7 Å². The number of amides is 2. The van der Waals surface area contributed by atoms with Crippen molar-refractivity contribution in [1.29, 1.82) is 0 Å². The normalized spacial score (nSPS) is 22.4. The molecule has 1 N–H and O–H groups in total. The van der Waals surface area contributed by atoms with Crippen LogP contribution in [0, 0.1) is 0 Å². The number of hydrogen-bond donors (Lipinski definition) is 1. The van der Waals surface area contributed by atoms with Crippen molar-refractivity contribution >= 4 is 33.4 Å². The minimum absolute atomic E-state index is 0.0635. The van der Waals surface area contributed by atoms with Gasteiger partial charge in [0.25, 0.3) is 0 Å². The van der Waals surface area contributed by atoms with Crippen LogP contribution in [0.4, 0.5) is 5.69 Å². The highest BCUT2D eigenvalue weighted by molar-refractivity contribution is 9.10. The molecule has 0 saturated carbocycles. The van der Waals surface area contributed by atoms with E-state index in [2.05, 4.69) is 21.2 Å². The van der Waals surface area contributed by atoms with Gasteiger partial charge in [-0.3, -0.25) is 9.59 Å². The molecule has 0 radical (unpaired) electrons. The lowest BCUT2D eigenvalue weighted by atomic mass is 10.1. The van der Waals surface area contributed by atoms with Crippen molar-refractivity contribution in [2.45, 2.75) is 26.0 Å². The molecule has 20 heavy (non-hydrogen) atoms. The molecule has 2 rings (SSSR count). The molecule has 108 valence electrons. The number of morpholine rings is 1. The Morgan fingerprint density at radius 3 is 2.85 bits per heavy atom. The van der Waals surface area contributed by atoms with Crippen LogP contribution in [0.3, 0.4) is 0 Å². The van der Waals surface area contributed by atoms with Crippen LogP contribution in [0.1, 0.15) is 13.8 Å². The van der Waals surface area contributed by atoms with Crippen molar-refractivity contribution in [1.82, 2.24) is 4.90 Å². The lowest BCUT2D eigenvalue weighted by Crippen LogP contribution is -2.54. The van der Waals surface area contributed by atoms with Gasteiger partial charge in [-0.05, 0) is 32.0 Å². The molecule has 0 bridgehead atoms. The van der Waals surface area contributed by atoms with Crippen molar-refractivity contribution in [2.75, 3.05) is 18.5 Å². The summed E-state index contributed by atoms with van der Waals surface area (Å²) >= 11 is 3.32. The van der Waals surface area contributed by atoms with Crippen LogP contribution in [0.2, 0.25) is 0 Å².